The van der Waals surface area contributed by atoms with Gasteiger partial charge in [0, 0.05) is 17.1 Å². The van der Waals surface area contributed by atoms with Crippen molar-refractivity contribution in [3.05, 3.63) is 40.0 Å². The Hall–Kier alpha value is -2.16. The van der Waals surface area contributed by atoms with E-state index in [1.165, 1.54) is 24.2 Å². The first-order valence-corrected chi connectivity index (χ1v) is 13.7. The van der Waals surface area contributed by atoms with Crippen LogP contribution in [0.1, 0.15) is 74.9 Å². The summed E-state index contributed by atoms with van der Waals surface area (Å²) in [6, 6.07) is 5.16. The summed E-state index contributed by atoms with van der Waals surface area (Å²) < 4.78 is 0. The van der Waals surface area contributed by atoms with Crippen molar-refractivity contribution in [1.82, 2.24) is 10.3 Å². The van der Waals surface area contributed by atoms with E-state index in [2.05, 4.69) is 22.5 Å². The summed E-state index contributed by atoms with van der Waals surface area (Å²) in [7, 11) is 0. The summed E-state index contributed by atoms with van der Waals surface area (Å²) in [5.74, 6) is 0.325. The molecule has 0 saturated heterocycles. The van der Waals surface area contributed by atoms with E-state index in [4.69, 9.17) is 11.6 Å². The lowest BCUT2D eigenvalue weighted by Crippen LogP contribution is -2.49. The number of thiophene rings is 1. The van der Waals surface area contributed by atoms with Gasteiger partial charge in [0.1, 0.15) is 6.04 Å². The van der Waals surface area contributed by atoms with E-state index in [0.717, 1.165) is 46.9 Å². The van der Waals surface area contributed by atoms with Crippen molar-refractivity contribution >= 4 is 45.9 Å². The Balaban J connectivity index is 1.51. The molecule has 0 bridgehead atoms. The van der Waals surface area contributed by atoms with Crippen molar-refractivity contribution < 1.29 is 14.7 Å². The average molecular weight is 519 g/mol. The highest BCUT2D eigenvalue weighted by molar-refractivity contribution is 7.16. The number of aromatic nitrogens is 1. The molecule has 9 heteroatoms. The van der Waals surface area contributed by atoms with E-state index in [0.29, 0.717) is 30.2 Å². The molecule has 7 nitrogen and oxygen atoms in total. The summed E-state index contributed by atoms with van der Waals surface area (Å²) in [5, 5.41) is 17.8. The number of nitrogens with one attached hydrogen (secondary N) is 2. The van der Waals surface area contributed by atoms with Crippen LogP contribution in [0.3, 0.4) is 0 Å². The Morgan fingerprint density at radius 3 is 2.77 bits per heavy atom. The Bertz CT molecular complexity index is 1030. The fourth-order valence-electron chi connectivity index (χ4n) is 5.25. The zero-order valence-electron chi connectivity index (χ0n) is 20.4. The maximum Gasteiger partial charge on any atom is 0.243 e. The third kappa shape index (κ3) is 6.54. The number of aliphatic hydroxyl groups excluding tert-OH is 1. The largest absolute Gasteiger partial charge is 0.393 e. The zero-order chi connectivity index (χ0) is 24.9. The molecule has 2 fully saturated rings. The Morgan fingerprint density at radius 1 is 1.31 bits per heavy atom. The number of pyridine rings is 1. The van der Waals surface area contributed by atoms with Crippen LogP contribution >= 0.6 is 22.9 Å². The Morgan fingerprint density at radius 2 is 2.09 bits per heavy atom. The fourth-order valence-corrected chi connectivity index (χ4v) is 6.43. The van der Waals surface area contributed by atoms with Gasteiger partial charge in [-0.2, -0.15) is 0 Å². The van der Waals surface area contributed by atoms with Gasteiger partial charge in [-0.25, -0.2) is 0 Å². The smallest absolute Gasteiger partial charge is 0.243 e. The van der Waals surface area contributed by atoms with Crippen LogP contribution in [0.2, 0.25) is 5.02 Å². The molecule has 2 aromatic heterocycles. The summed E-state index contributed by atoms with van der Waals surface area (Å²) in [6.07, 6.45) is 9.33. The Kier molecular flexibility index (Phi) is 8.68. The number of carbonyl (C=O) groups excluding carboxylic acids is 2. The van der Waals surface area contributed by atoms with Gasteiger partial charge in [0.25, 0.3) is 0 Å². The molecule has 190 valence electrons. The number of halogens is 1. The van der Waals surface area contributed by atoms with Crippen LogP contribution in [-0.2, 0) is 9.59 Å². The molecule has 0 radical (unpaired) electrons. The topological polar surface area (TPSA) is 94.6 Å². The third-order valence-electron chi connectivity index (χ3n) is 7.25. The maximum absolute atomic E-state index is 13.4. The Labute approximate surface area is 216 Å². The van der Waals surface area contributed by atoms with Crippen molar-refractivity contribution in [2.24, 2.45) is 5.92 Å². The lowest BCUT2D eigenvalue weighted by atomic mass is 9.96. The van der Waals surface area contributed by atoms with E-state index in [1.54, 1.807) is 11.1 Å². The van der Waals surface area contributed by atoms with Crippen molar-refractivity contribution in [2.75, 3.05) is 10.2 Å². The molecule has 2 heterocycles. The molecule has 2 saturated carbocycles. The number of aryl methyl sites for hydroxylation is 1. The first-order valence-electron chi connectivity index (χ1n) is 12.5. The number of carbonyl (C=O) groups is 2. The van der Waals surface area contributed by atoms with E-state index >= 15 is 0 Å². The second kappa shape index (κ2) is 11.7. The number of anilines is 2. The molecule has 0 aromatic carbocycles. The van der Waals surface area contributed by atoms with Gasteiger partial charge in [0.15, 0.2) is 0 Å². The van der Waals surface area contributed by atoms with Crippen molar-refractivity contribution in [3.8, 4) is 0 Å². The van der Waals surface area contributed by atoms with Gasteiger partial charge < -0.3 is 15.7 Å². The van der Waals surface area contributed by atoms with E-state index in [-0.39, 0.29) is 24.1 Å². The van der Waals surface area contributed by atoms with Crippen LogP contribution in [0, 0.1) is 12.8 Å². The molecule has 0 aliphatic heterocycles. The minimum atomic E-state index is -0.553. The van der Waals surface area contributed by atoms with Crippen molar-refractivity contribution in [2.45, 2.75) is 89.4 Å². The second-order valence-electron chi connectivity index (χ2n) is 9.92. The highest BCUT2D eigenvalue weighted by atomic mass is 35.5. The summed E-state index contributed by atoms with van der Waals surface area (Å²) in [6.45, 7) is 3.98. The fraction of sp³-hybridized carbons (Fsp3) is 0.577. The van der Waals surface area contributed by atoms with Crippen LogP contribution in [0.15, 0.2) is 24.4 Å². The van der Waals surface area contributed by atoms with Crippen LogP contribution in [0.25, 0.3) is 0 Å². The van der Waals surface area contributed by atoms with Crippen LogP contribution in [0.5, 0.6) is 0 Å². The highest BCUT2D eigenvalue weighted by Gasteiger charge is 2.34. The normalized spacial score (nSPS) is 22.1. The molecule has 0 spiro atoms. The molecular formula is C26H35ClN4O3S. The number of aliphatic hydroxyl groups is 1. The summed E-state index contributed by atoms with van der Waals surface area (Å²) in [5.41, 5.74) is 1.72. The molecule has 35 heavy (non-hydrogen) atoms. The first kappa shape index (κ1) is 25.9. The number of amides is 2. The minimum absolute atomic E-state index is 0.0247. The molecule has 2 aliphatic rings. The molecule has 2 amide bonds. The van der Waals surface area contributed by atoms with Crippen LogP contribution < -0.4 is 15.5 Å². The lowest BCUT2D eigenvalue weighted by molar-refractivity contribution is -0.125. The van der Waals surface area contributed by atoms with Gasteiger partial charge in [0.2, 0.25) is 12.3 Å². The standard InChI is InChI=1S/C26H35ClN4O3S/c1-16-22(12-19(27)14-28-16)29-17(2)24-9-10-25(35-24)31(15-32)23(11-18-5-3-4-6-18)26(34)30-20-7-8-21(33)13-20/h9-10,12,14-15,17-18,20-21,23,29,33H,3-8,11,13H2,1-2H3,(H,30,34)/t17-,20?,21?,23-/m0/s1. The summed E-state index contributed by atoms with van der Waals surface area (Å²) >= 11 is 7.63. The number of nitrogens with zero attached hydrogens (tertiary/aromatic N) is 2. The summed E-state index contributed by atoms with van der Waals surface area (Å²) in [4.78, 5) is 32.7. The van der Waals surface area contributed by atoms with Gasteiger partial charge >= 0.3 is 0 Å². The monoisotopic (exact) mass is 518 g/mol. The number of rotatable bonds is 10. The first-order chi connectivity index (χ1) is 16.8. The predicted octanol–water partition coefficient (Wildman–Crippen LogP) is 5.22. The molecule has 2 aliphatic carbocycles. The quantitative estimate of drug-likeness (QED) is 0.375. The molecule has 4 atom stereocenters. The van der Waals surface area contributed by atoms with Crippen LogP contribution in [-0.4, -0.2) is 40.6 Å². The molecule has 2 aromatic rings. The second-order valence-corrected chi connectivity index (χ2v) is 11.4. The molecule has 4 rings (SSSR count). The number of hydrogen-bond donors (Lipinski definition) is 3. The highest BCUT2D eigenvalue weighted by Crippen LogP contribution is 2.36. The number of hydrogen-bond acceptors (Lipinski definition) is 6. The molecule has 3 N–H and O–H groups in total. The van der Waals surface area contributed by atoms with Crippen LogP contribution in [0.4, 0.5) is 10.7 Å². The van der Waals surface area contributed by atoms with Crippen molar-refractivity contribution in [1.29, 1.82) is 0 Å². The predicted molar refractivity (Wildman–Crippen MR) is 141 cm³/mol. The van der Waals surface area contributed by atoms with Gasteiger partial charge in [0.05, 0.1) is 33.6 Å². The van der Waals surface area contributed by atoms with Gasteiger partial charge in [-0.15, -0.1) is 11.3 Å². The zero-order valence-corrected chi connectivity index (χ0v) is 21.9. The van der Waals surface area contributed by atoms with Gasteiger partial charge in [-0.05, 0) is 63.6 Å². The average Bonchev–Trinajstić information content (AvgIpc) is 3.59. The van der Waals surface area contributed by atoms with E-state index in [9.17, 15) is 14.7 Å². The third-order valence-corrected chi connectivity index (χ3v) is 8.74. The van der Waals surface area contributed by atoms with Crippen molar-refractivity contribution in [3.63, 3.8) is 0 Å². The van der Waals surface area contributed by atoms with E-state index in [1.807, 2.05) is 25.1 Å². The maximum atomic E-state index is 13.4. The molecular weight excluding hydrogens is 484 g/mol. The minimum Gasteiger partial charge on any atom is -0.393 e. The lowest BCUT2D eigenvalue weighted by Gasteiger charge is -2.29. The molecule has 2 unspecified atom stereocenters. The van der Waals surface area contributed by atoms with Gasteiger partial charge in [-0.3, -0.25) is 19.5 Å². The van der Waals surface area contributed by atoms with Gasteiger partial charge in [-0.1, -0.05) is 37.3 Å². The SMILES string of the molecule is Cc1ncc(Cl)cc1N[C@@H](C)c1ccc(N(C=O)[C@@H](CC2CCCC2)C(=O)NC2CCC(O)C2)s1. The van der Waals surface area contributed by atoms with E-state index < -0.39 is 6.04 Å².